The number of hydrogen-bond donors (Lipinski definition) is 1. The Hall–Kier alpha value is -4.83. The van der Waals surface area contributed by atoms with E-state index in [1.807, 2.05) is 50.2 Å². The summed E-state index contributed by atoms with van der Waals surface area (Å²) in [6.45, 7) is 5.55. The lowest BCUT2D eigenvalue weighted by Crippen LogP contribution is -2.51. The molecule has 1 atom stereocenters. The van der Waals surface area contributed by atoms with Gasteiger partial charge in [0.25, 0.3) is 10.0 Å². The van der Waals surface area contributed by atoms with Gasteiger partial charge in [0.15, 0.2) is 0 Å². The van der Waals surface area contributed by atoms with Crippen molar-refractivity contribution < 1.29 is 27.5 Å². The fraction of sp³-hybridized carbons (Fsp3) is 0.278. The average Bonchev–Trinajstić information content (AvgIpc) is 3.07. The fourth-order valence-corrected chi connectivity index (χ4v) is 6.17. The van der Waals surface area contributed by atoms with Gasteiger partial charge in [-0.1, -0.05) is 61.4 Å². The molecule has 0 unspecified atom stereocenters. The number of unbranched alkanes of at least 4 members (excludes halogenated alkanes) is 1. The zero-order valence-electron chi connectivity index (χ0n) is 26.7. The van der Waals surface area contributed by atoms with Crippen molar-refractivity contribution in [3.8, 4) is 17.2 Å². The maximum atomic E-state index is 14.2. The smallest absolute Gasteiger partial charge is 0.264 e. The molecule has 0 bridgehead atoms. The molecule has 0 aliphatic heterocycles. The highest BCUT2D eigenvalue weighted by Crippen LogP contribution is 2.29. The lowest BCUT2D eigenvalue weighted by atomic mass is 10.1. The van der Waals surface area contributed by atoms with Gasteiger partial charge in [-0.3, -0.25) is 13.9 Å². The van der Waals surface area contributed by atoms with Crippen LogP contribution in [0, 0.1) is 6.92 Å². The Morgan fingerprint density at radius 1 is 0.848 bits per heavy atom. The molecule has 46 heavy (non-hydrogen) atoms. The summed E-state index contributed by atoms with van der Waals surface area (Å²) >= 11 is 0. The number of aryl methyl sites for hydroxylation is 1. The van der Waals surface area contributed by atoms with E-state index in [9.17, 15) is 18.0 Å². The highest BCUT2D eigenvalue weighted by molar-refractivity contribution is 7.92. The molecule has 0 aliphatic rings. The van der Waals surface area contributed by atoms with Crippen LogP contribution in [0.4, 0.5) is 5.69 Å². The maximum absolute atomic E-state index is 14.2. The van der Waals surface area contributed by atoms with E-state index in [2.05, 4.69) is 5.32 Å². The number of rotatable bonds is 15. The largest absolute Gasteiger partial charge is 0.497 e. The Balaban J connectivity index is 1.69. The third kappa shape index (κ3) is 8.88. The number of anilines is 1. The summed E-state index contributed by atoms with van der Waals surface area (Å²) < 4.78 is 40.6. The van der Waals surface area contributed by atoms with Crippen molar-refractivity contribution in [3.05, 3.63) is 114 Å². The summed E-state index contributed by atoms with van der Waals surface area (Å²) in [6, 6.07) is 28.5. The van der Waals surface area contributed by atoms with E-state index in [0.29, 0.717) is 23.8 Å². The van der Waals surface area contributed by atoms with E-state index in [1.165, 1.54) is 17.0 Å². The highest BCUT2D eigenvalue weighted by Gasteiger charge is 2.32. The van der Waals surface area contributed by atoms with Crippen molar-refractivity contribution in [2.75, 3.05) is 24.5 Å². The number of para-hydroxylation sites is 1. The first-order chi connectivity index (χ1) is 22.1. The van der Waals surface area contributed by atoms with Gasteiger partial charge in [0.2, 0.25) is 11.8 Å². The number of ether oxygens (including phenoxy) is 2. The van der Waals surface area contributed by atoms with Crippen LogP contribution in [0.15, 0.2) is 108 Å². The molecule has 0 fully saturated rings. The number of carbonyl (C=O) groups is 2. The molecule has 9 nitrogen and oxygen atoms in total. The highest BCUT2D eigenvalue weighted by atomic mass is 32.2. The molecule has 0 heterocycles. The topological polar surface area (TPSA) is 105 Å². The number of amides is 2. The van der Waals surface area contributed by atoms with Crippen molar-refractivity contribution in [1.29, 1.82) is 0 Å². The second kappa shape index (κ2) is 15.9. The molecular weight excluding hydrogens is 602 g/mol. The first-order valence-corrected chi connectivity index (χ1v) is 16.7. The predicted molar refractivity (Wildman–Crippen MR) is 180 cm³/mol. The molecule has 2 amide bonds. The van der Waals surface area contributed by atoms with Crippen LogP contribution < -0.4 is 19.1 Å². The zero-order valence-corrected chi connectivity index (χ0v) is 27.5. The van der Waals surface area contributed by atoms with Gasteiger partial charge < -0.3 is 19.7 Å². The average molecular weight is 644 g/mol. The monoisotopic (exact) mass is 643 g/mol. The van der Waals surface area contributed by atoms with Crippen LogP contribution >= 0.6 is 0 Å². The van der Waals surface area contributed by atoms with Gasteiger partial charge in [0.1, 0.15) is 29.8 Å². The van der Waals surface area contributed by atoms with Gasteiger partial charge in [-0.25, -0.2) is 8.42 Å². The summed E-state index contributed by atoms with van der Waals surface area (Å²) in [7, 11) is -2.64. The Labute approximate surface area is 271 Å². The van der Waals surface area contributed by atoms with E-state index < -0.39 is 28.5 Å². The number of hydrogen-bond acceptors (Lipinski definition) is 6. The first kappa shape index (κ1) is 34.1. The van der Waals surface area contributed by atoms with E-state index in [1.54, 1.807) is 68.6 Å². The Bertz CT molecular complexity index is 1690. The van der Waals surface area contributed by atoms with Gasteiger partial charge in [0, 0.05) is 13.1 Å². The van der Waals surface area contributed by atoms with Crippen LogP contribution in [0.3, 0.4) is 0 Å². The molecule has 242 valence electrons. The predicted octanol–water partition coefficient (Wildman–Crippen LogP) is 6.32. The molecule has 0 saturated carbocycles. The standard InChI is InChI=1S/C36H41N3O6S/c1-5-6-23-37-36(41)28(3)38(25-29-11-10-14-33(24-29)44-4)35(40)26-39(46(42,43)34-21-15-27(2)16-22-34)30-17-19-32(20-18-30)45-31-12-8-7-9-13-31/h7-22,24,28H,5-6,23,25-26H2,1-4H3,(H,37,41)/t28-/m0/s1. The second-order valence-electron chi connectivity index (χ2n) is 10.9. The van der Waals surface area contributed by atoms with Crippen molar-refractivity contribution in [1.82, 2.24) is 10.2 Å². The number of nitrogens with zero attached hydrogens (tertiary/aromatic N) is 2. The van der Waals surface area contributed by atoms with Gasteiger partial charge in [-0.15, -0.1) is 0 Å². The maximum Gasteiger partial charge on any atom is 0.264 e. The number of sulfonamides is 1. The lowest BCUT2D eigenvalue weighted by Gasteiger charge is -2.32. The number of benzene rings is 4. The molecule has 10 heteroatoms. The van der Waals surface area contributed by atoms with E-state index in [4.69, 9.17) is 9.47 Å². The molecule has 0 saturated heterocycles. The molecule has 0 aromatic heterocycles. The molecule has 1 N–H and O–H groups in total. The van der Waals surface area contributed by atoms with Crippen LogP contribution in [0.25, 0.3) is 0 Å². The van der Waals surface area contributed by atoms with Crippen molar-refractivity contribution in [2.45, 2.75) is 51.1 Å². The van der Waals surface area contributed by atoms with E-state index in [0.717, 1.165) is 28.3 Å². The fourth-order valence-electron chi connectivity index (χ4n) is 4.76. The summed E-state index contributed by atoms with van der Waals surface area (Å²) in [5.74, 6) is 0.882. The van der Waals surface area contributed by atoms with Crippen molar-refractivity contribution >= 4 is 27.5 Å². The van der Waals surface area contributed by atoms with Crippen LogP contribution in [0.2, 0.25) is 0 Å². The first-order valence-electron chi connectivity index (χ1n) is 15.2. The normalized spacial score (nSPS) is 11.7. The SMILES string of the molecule is CCCCNC(=O)[C@H](C)N(Cc1cccc(OC)c1)C(=O)CN(c1ccc(Oc2ccccc2)cc1)S(=O)(=O)c1ccc(C)cc1. The Morgan fingerprint density at radius 3 is 2.15 bits per heavy atom. The van der Waals surface area contributed by atoms with Crippen LogP contribution in [0.5, 0.6) is 17.2 Å². The van der Waals surface area contributed by atoms with Gasteiger partial charge >= 0.3 is 0 Å². The molecule has 0 radical (unpaired) electrons. The lowest BCUT2D eigenvalue weighted by molar-refractivity contribution is -0.139. The van der Waals surface area contributed by atoms with Gasteiger partial charge in [-0.05, 0) is 86.5 Å². The molecule has 0 aliphatic carbocycles. The summed E-state index contributed by atoms with van der Waals surface area (Å²) in [4.78, 5) is 28.8. The zero-order chi connectivity index (χ0) is 33.1. The summed E-state index contributed by atoms with van der Waals surface area (Å²) in [5, 5.41) is 2.90. The van der Waals surface area contributed by atoms with E-state index >= 15 is 0 Å². The van der Waals surface area contributed by atoms with Crippen molar-refractivity contribution in [3.63, 3.8) is 0 Å². The third-order valence-corrected chi connectivity index (χ3v) is 9.26. The van der Waals surface area contributed by atoms with Crippen LogP contribution in [-0.2, 0) is 26.2 Å². The quantitative estimate of drug-likeness (QED) is 0.152. The molecule has 0 spiro atoms. The minimum Gasteiger partial charge on any atom is -0.497 e. The molecular formula is C36H41N3O6S. The summed E-state index contributed by atoms with van der Waals surface area (Å²) in [5.41, 5.74) is 1.91. The Kier molecular flexibility index (Phi) is 11.8. The molecule has 4 rings (SSSR count). The van der Waals surface area contributed by atoms with Crippen molar-refractivity contribution in [2.24, 2.45) is 0 Å². The third-order valence-electron chi connectivity index (χ3n) is 7.48. The Morgan fingerprint density at radius 2 is 1.50 bits per heavy atom. The number of nitrogens with one attached hydrogen (secondary N) is 1. The summed E-state index contributed by atoms with van der Waals surface area (Å²) in [6.07, 6.45) is 1.71. The molecule has 4 aromatic rings. The van der Waals surface area contributed by atoms with Crippen LogP contribution in [0.1, 0.15) is 37.8 Å². The van der Waals surface area contributed by atoms with Gasteiger partial charge in [0.05, 0.1) is 17.7 Å². The minimum atomic E-state index is -4.19. The number of methoxy groups -OCH3 is 1. The molecule has 4 aromatic carbocycles. The number of carbonyl (C=O) groups excluding carboxylic acids is 2. The minimum absolute atomic E-state index is 0.0419. The second-order valence-corrected chi connectivity index (χ2v) is 12.8. The van der Waals surface area contributed by atoms with E-state index in [-0.39, 0.29) is 23.0 Å². The van der Waals surface area contributed by atoms with Crippen LogP contribution in [-0.4, -0.2) is 51.4 Å². The van der Waals surface area contributed by atoms with Gasteiger partial charge in [-0.2, -0.15) is 0 Å².